The Bertz CT molecular complexity index is 1640. The van der Waals surface area contributed by atoms with E-state index in [2.05, 4.69) is 0 Å². The molecule has 2 unspecified atom stereocenters. The molecule has 0 bridgehead atoms. The van der Waals surface area contributed by atoms with Crippen molar-refractivity contribution >= 4 is 28.4 Å². The summed E-state index contributed by atoms with van der Waals surface area (Å²) >= 11 is 6.73. The second-order valence-electron chi connectivity index (χ2n) is 9.39. The number of rotatable bonds is 7. The van der Waals surface area contributed by atoms with E-state index in [1.54, 1.807) is 27.9 Å². The number of alkyl halides is 1. The first kappa shape index (κ1) is 25.5. The van der Waals surface area contributed by atoms with Gasteiger partial charge in [0, 0.05) is 0 Å². The molecule has 5 aromatic rings. The number of fused-ring (bicyclic) bond motifs is 1. The SMILES string of the molecule is Cc1ccc(-n2c(C(C)N(Cc3ccco3)C(=O)C(Cl)c3ccccc3)nc3ccccc3c2=O)cc1C. The fourth-order valence-electron chi connectivity index (χ4n) is 4.57. The highest BCUT2D eigenvalue weighted by Gasteiger charge is 2.32. The lowest BCUT2D eigenvalue weighted by atomic mass is 10.1. The highest BCUT2D eigenvalue weighted by molar-refractivity contribution is 6.30. The van der Waals surface area contributed by atoms with Crippen LogP contribution in [0.3, 0.4) is 0 Å². The third-order valence-electron chi connectivity index (χ3n) is 6.89. The molecule has 38 heavy (non-hydrogen) atoms. The molecule has 0 fully saturated rings. The van der Waals surface area contributed by atoms with Gasteiger partial charge in [0.2, 0.25) is 5.91 Å². The van der Waals surface area contributed by atoms with Crippen molar-refractivity contribution in [1.82, 2.24) is 14.5 Å². The molecule has 7 heteroatoms. The molecular weight excluding hydrogens is 498 g/mol. The fourth-order valence-corrected chi connectivity index (χ4v) is 4.84. The van der Waals surface area contributed by atoms with Crippen molar-refractivity contribution in [1.29, 1.82) is 0 Å². The normalized spacial score (nSPS) is 12.8. The van der Waals surface area contributed by atoms with Crippen LogP contribution in [0.25, 0.3) is 16.6 Å². The Balaban J connectivity index is 1.68. The topological polar surface area (TPSA) is 68.3 Å². The zero-order valence-corrected chi connectivity index (χ0v) is 22.2. The molecule has 0 aliphatic rings. The van der Waals surface area contributed by atoms with Crippen LogP contribution < -0.4 is 5.56 Å². The summed E-state index contributed by atoms with van der Waals surface area (Å²) in [7, 11) is 0. The highest BCUT2D eigenvalue weighted by atomic mass is 35.5. The number of para-hydroxylation sites is 1. The van der Waals surface area contributed by atoms with Crippen LogP contribution in [0.15, 0.2) is 100 Å². The number of amides is 1. The summed E-state index contributed by atoms with van der Waals surface area (Å²) in [4.78, 5) is 34.4. The van der Waals surface area contributed by atoms with Crippen LogP contribution in [0.4, 0.5) is 0 Å². The number of aryl methyl sites for hydroxylation is 2. The molecule has 0 saturated carbocycles. The van der Waals surface area contributed by atoms with E-state index in [-0.39, 0.29) is 18.0 Å². The van der Waals surface area contributed by atoms with Gasteiger partial charge in [0.05, 0.1) is 35.4 Å². The average Bonchev–Trinajstić information content (AvgIpc) is 3.46. The van der Waals surface area contributed by atoms with E-state index in [0.717, 1.165) is 11.1 Å². The number of nitrogens with zero attached hydrogens (tertiary/aromatic N) is 3. The average molecular weight is 526 g/mol. The minimum absolute atomic E-state index is 0.165. The van der Waals surface area contributed by atoms with Crippen molar-refractivity contribution in [2.75, 3.05) is 0 Å². The third-order valence-corrected chi connectivity index (χ3v) is 7.33. The number of carbonyl (C=O) groups excluding carboxylic acids is 1. The van der Waals surface area contributed by atoms with Crippen molar-refractivity contribution in [3.8, 4) is 5.69 Å². The van der Waals surface area contributed by atoms with E-state index in [9.17, 15) is 9.59 Å². The summed E-state index contributed by atoms with van der Waals surface area (Å²) < 4.78 is 7.20. The molecule has 2 heterocycles. The molecule has 0 radical (unpaired) electrons. The molecule has 0 N–H and O–H groups in total. The molecule has 2 aromatic heterocycles. The van der Waals surface area contributed by atoms with Gasteiger partial charge in [-0.25, -0.2) is 4.98 Å². The van der Waals surface area contributed by atoms with Crippen molar-refractivity contribution < 1.29 is 9.21 Å². The monoisotopic (exact) mass is 525 g/mol. The molecule has 3 aromatic carbocycles. The third kappa shape index (κ3) is 4.87. The molecule has 2 atom stereocenters. The second-order valence-corrected chi connectivity index (χ2v) is 9.83. The molecular formula is C31H28ClN3O3. The second kappa shape index (κ2) is 10.7. The van der Waals surface area contributed by atoms with Crippen LogP contribution >= 0.6 is 11.6 Å². The first-order valence-corrected chi connectivity index (χ1v) is 12.9. The van der Waals surface area contributed by atoms with Crippen LogP contribution in [0.5, 0.6) is 0 Å². The number of benzene rings is 3. The van der Waals surface area contributed by atoms with Gasteiger partial charge < -0.3 is 9.32 Å². The van der Waals surface area contributed by atoms with Crippen molar-refractivity contribution in [3.05, 3.63) is 130 Å². The van der Waals surface area contributed by atoms with Gasteiger partial charge in [-0.15, -0.1) is 11.6 Å². The largest absolute Gasteiger partial charge is 0.467 e. The fraction of sp³-hybridized carbons (Fsp3) is 0.194. The lowest BCUT2D eigenvalue weighted by Gasteiger charge is -2.31. The summed E-state index contributed by atoms with van der Waals surface area (Å²) in [5.74, 6) is 0.729. The number of carbonyl (C=O) groups is 1. The maximum atomic E-state index is 13.9. The highest BCUT2D eigenvalue weighted by Crippen LogP contribution is 2.31. The van der Waals surface area contributed by atoms with Gasteiger partial charge in [0.1, 0.15) is 17.0 Å². The van der Waals surface area contributed by atoms with Gasteiger partial charge in [-0.2, -0.15) is 0 Å². The molecule has 0 aliphatic heterocycles. The summed E-state index contributed by atoms with van der Waals surface area (Å²) in [6.45, 7) is 6.06. The Morgan fingerprint density at radius 2 is 1.71 bits per heavy atom. The predicted molar refractivity (Wildman–Crippen MR) is 150 cm³/mol. The first-order chi connectivity index (χ1) is 18.3. The first-order valence-electron chi connectivity index (χ1n) is 12.5. The number of aromatic nitrogens is 2. The van der Waals surface area contributed by atoms with Crippen molar-refractivity contribution in [3.63, 3.8) is 0 Å². The number of hydrogen-bond donors (Lipinski definition) is 0. The van der Waals surface area contributed by atoms with Gasteiger partial charge >= 0.3 is 0 Å². The zero-order chi connectivity index (χ0) is 26.8. The van der Waals surface area contributed by atoms with Gasteiger partial charge in [-0.05, 0) is 73.9 Å². The van der Waals surface area contributed by atoms with E-state index >= 15 is 0 Å². The molecule has 0 saturated heterocycles. The van der Waals surface area contributed by atoms with E-state index < -0.39 is 11.4 Å². The molecule has 0 spiro atoms. The van der Waals surface area contributed by atoms with Crippen LogP contribution in [-0.4, -0.2) is 20.4 Å². The van der Waals surface area contributed by atoms with E-state index in [1.165, 1.54) is 0 Å². The molecule has 0 aliphatic carbocycles. The Hall–Kier alpha value is -4.16. The predicted octanol–water partition coefficient (Wildman–Crippen LogP) is 6.67. The summed E-state index contributed by atoms with van der Waals surface area (Å²) in [5.41, 5.74) is 3.91. The molecule has 1 amide bonds. The lowest BCUT2D eigenvalue weighted by Crippen LogP contribution is -2.38. The maximum Gasteiger partial charge on any atom is 0.266 e. The molecule has 6 nitrogen and oxygen atoms in total. The number of furan rings is 1. The van der Waals surface area contributed by atoms with E-state index in [1.807, 2.05) is 93.6 Å². The Morgan fingerprint density at radius 3 is 2.42 bits per heavy atom. The van der Waals surface area contributed by atoms with Crippen LogP contribution in [-0.2, 0) is 11.3 Å². The van der Waals surface area contributed by atoms with E-state index in [4.69, 9.17) is 21.0 Å². The van der Waals surface area contributed by atoms with Crippen LogP contribution in [0.1, 0.15) is 46.6 Å². The molecule has 192 valence electrons. The summed E-state index contributed by atoms with van der Waals surface area (Å²) in [6.07, 6.45) is 1.57. The quantitative estimate of drug-likeness (QED) is 0.223. The van der Waals surface area contributed by atoms with Gasteiger partial charge in [-0.1, -0.05) is 48.5 Å². The number of halogens is 1. The smallest absolute Gasteiger partial charge is 0.266 e. The number of hydrogen-bond acceptors (Lipinski definition) is 4. The lowest BCUT2D eigenvalue weighted by molar-refractivity contribution is -0.134. The zero-order valence-electron chi connectivity index (χ0n) is 21.5. The van der Waals surface area contributed by atoms with E-state index in [0.29, 0.717) is 33.7 Å². The minimum Gasteiger partial charge on any atom is -0.467 e. The van der Waals surface area contributed by atoms with Crippen molar-refractivity contribution in [2.45, 2.75) is 38.7 Å². The minimum atomic E-state index is -0.921. The van der Waals surface area contributed by atoms with Crippen molar-refractivity contribution in [2.24, 2.45) is 0 Å². The van der Waals surface area contributed by atoms with Crippen LogP contribution in [0.2, 0.25) is 0 Å². The van der Waals surface area contributed by atoms with Gasteiger partial charge in [-0.3, -0.25) is 14.2 Å². The van der Waals surface area contributed by atoms with Gasteiger partial charge in [0.15, 0.2) is 0 Å². The summed E-state index contributed by atoms with van der Waals surface area (Å²) in [6, 6.07) is 25.3. The summed E-state index contributed by atoms with van der Waals surface area (Å²) in [5, 5.41) is -0.416. The Morgan fingerprint density at radius 1 is 0.974 bits per heavy atom. The standard InChI is InChI=1S/C31H28ClN3O3/c1-20-15-16-24(18-21(20)2)35-29(33-27-14-8-7-13-26(27)30(35)36)22(3)34(19-25-12-9-17-38-25)31(37)28(32)23-10-5-4-6-11-23/h4-18,22,28H,19H2,1-3H3. The Labute approximate surface area is 226 Å². The molecule has 5 rings (SSSR count). The van der Waals surface area contributed by atoms with Gasteiger partial charge in [0.25, 0.3) is 5.56 Å². The van der Waals surface area contributed by atoms with Crippen LogP contribution in [0, 0.1) is 13.8 Å². The Kier molecular flexibility index (Phi) is 7.16. The maximum absolute atomic E-state index is 13.9.